The van der Waals surface area contributed by atoms with Gasteiger partial charge in [0.1, 0.15) is 5.70 Å². The van der Waals surface area contributed by atoms with Crippen molar-refractivity contribution in [1.29, 1.82) is 0 Å². The molecule has 2 amide bonds. The molecule has 134 valence electrons. The molecule has 1 aliphatic rings. The molecule has 2 rings (SSSR count). The lowest BCUT2D eigenvalue weighted by Crippen LogP contribution is -2.41. The van der Waals surface area contributed by atoms with E-state index in [4.69, 9.17) is 4.74 Å². The Balaban J connectivity index is 2.01. The molecule has 1 aromatic carbocycles. The maximum atomic E-state index is 12.3. The number of benzene rings is 1. The second kappa shape index (κ2) is 9.01. The van der Waals surface area contributed by atoms with Gasteiger partial charge < -0.3 is 15.4 Å². The molecule has 0 saturated heterocycles. The van der Waals surface area contributed by atoms with Crippen molar-refractivity contribution in [1.82, 2.24) is 10.6 Å². The van der Waals surface area contributed by atoms with Gasteiger partial charge in [0, 0.05) is 13.0 Å². The number of nitrogens with one attached hydrogen (secondary N) is 2. The molecule has 0 unspecified atom stereocenters. The zero-order valence-corrected chi connectivity index (χ0v) is 14.6. The van der Waals surface area contributed by atoms with E-state index in [1.165, 1.54) is 19.9 Å². The standard InChI is InChI=1S/C19H24N2O4/c1-13(18(23)21-16-10-6-7-11-16)25-19(24)17(20-14(2)22)12-15-8-4-3-5-9-15/h3-5,8-9,12-13,16H,6-7,10-11H2,1-2H3,(H,20,22)(H,21,23)/b17-12-/t13-/m1/s1. The van der Waals surface area contributed by atoms with E-state index in [9.17, 15) is 14.4 Å². The van der Waals surface area contributed by atoms with Crippen LogP contribution in [-0.2, 0) is 19.1 Å². The summed E-state index contributed by atoms with van der Waals surface area (Å²) in [7, 11) is 0. The predicted molar refractivity (Wildman–Crippen MR) is 94.2 cm³/mol. The van der Waals surface area contributed by atoms with Crippen LogP contribution in [0.1, 0.15) is 45.1 Å². The second-order valence-corrected chi connectivity index (χ2v) is 6.19. The number of amides is 2. The molecule has 6 nitrogen and oxygen atoms in total. The quantitative estimate of drug-likeness (QED) is 0.612. The van der Waals surface area contributed by atoms with Crippen LogP contribution in [0.25, 0.3) is 6.08 Å². The van der Waals surface area contributed by atoms with Crippen molar-refractivity contribution >= 4 is 23.9 Å². The third-order valence-electron chi connectivity index (χ3n) is 4.00. The third kappa shape index (κ3) is 6.06. The number of hydrogen-bond acceptors (Lipinski definition) is 4. The summed E-state index contributed by atoms with van der Waals surface area (Å²) < 4.78 is 5.22. The largest absolute Gasteiger partial charge is 0.448 e. The average Bonchev–Trinajstić information content (AvgIpc) is 3.07. The van der Waals surface area contributed by atoms with Gasteiger partial charge in [-0.25, -0.2) is 4.79 Å². The molecule has 1 atom stereocenters. The monoisotopic (exact) mass is 344 g/mol. The van der Waals surface area contributed by atoms with Crippen LogP contribution >= 0.6 is 0 Å². The lowest BCUT2D eigenvalue weighted by atomic mass is 10.2. The van der Waals surface area contributed by atoms with E-state index in [0.29, 0.717) is 0 Å². The average molecular weight is 344 g/mol. The molecule has 0 spiro atoms. The minimum Gasteiger partial charge on any atom is -0.448 e. The first-order valence-electron chi connectivity index (χ1n) is 8.51. The minimum atomic E-state index is -0.930. The Hall–Kier alpha value is -2.63. The first-order valence-corrected chi connectivity index (χ1v) is 8.51. The van der Waals surface area contributed by atoms with Gasteiger partial charge in [-0.15, -0.1) is 0 Å². The van der Waals surface area contributed by atoms with E-state index in [1.54, 1.807) is 12.1 Å². The fourth-order valence-electron chi connectivity index (χ4n) is 2.72. The second-order valence-electron chi connectivity index (χ2n) is 6.19. The lowest BCUT2D eigenvalue weighted by Gasteiger charge is -2.18. The van der Waals surface area contributed by atoms with E-state index < -0.39 is 12.1 Å². The Bertz CT molecular complexity index is 649. The summed E-state index contributed by atoms with van der Waals surface area (Å²) in [5.74, 6) is -1.45. The molecule has 0 bridgehead atoms. The van der Waals surface area contributed by atoms with Crippen LogP contribution in [0.4, 0.5) is 0 Å². The van der Waals surface area contributed by atoms with E-state index in [1.807, 2.05) is 18.2 Å². The lowest BCUT2D eigenvalue weighted by molar-refractivity contribution is -0.152. The zero-order valence-electron chi connectivity index (χ0n) is 14.6. The van der Waals surface area contributed by atoms with Crippen LogP contribution in [0.5, 0.6) is 0 Å². The summed E-state index contributed by atoms with van der Waals surface area (Å²) in [5.41, 5.74) is 0.741. The van der Waals surface area contributed by atoms with E-state index in [0.717, 1.165) is 31.2 Å². The zero-order chi connectivity index (χ0) is 18.2. The summed E-state index contributed by atoms with van der Waals surface area (Å²) in [6.07, 6.45) is 4.71. The maximum absolute atomic E-state index is 12.3. The molecule has 1 fully saturated rings. The van der Waals surface area contributed by atoms with E-state index in [2.05, 4.69) is 10.6 Å². The minimum absolute atomic E-state index is 0.000726. The van der Waals surface area contributed by atoms with Crippen molar-refractivity contribution in [2.75, 3.05) is 0 Å². The molecular weight excluding hydrogens is 320 g/mol. The maximum Gasteiger partial charge on any atom is 0.355 e. The molecule has 0 aromatic heterocycles. The van der Waals surface area contributed by atoms with Gasteiger partial charge in [-0.2, -0.15) is 0 Å². The molecule has 2 N–H and O–H groups in total. The number of ether oxygens (including phenoxy) is 1. The van der Waals surface area contributed by atoms with Gasteiger partial charge in [0.15, 0.2) is 6.10 Å². The molecule has 25 heavy (non-hydrogen) atoms. The van der Waals surface area contributed by atoms with Crippen LogP contribution in [0.2, 0.25) is 0 Å². The molecule has 1 aromatic rings. The molecule has 0 heterocycles. The molecule has 1 aliphatic carbocycles. The molecule has 0 aliphatic heterocycles. The molecular formula is C19H24N2O4. The van der Waals surface area contributed by atoms with Crippen LogP contribution < -0.4 is 10.6 Å². The summed E-state index contributed by atoms with van der Waals surface area (Å²) in [6.45, 7) is 2.83. The highest BCUT2D eigenvalue weighted by molar-refractivity contribution is 5.98. The van der Waals surface area contributed by atoms with Crippen molar-refractivity contribution in [3.8, 4) is 0 Å². The summed E-state index contributed by atoms with van der Waals surface area (Å²) in [6, 6.07) is 9.24. The van der Waals surface area contributed by atoms with E-state index in [-0.39, 0.29) is 23.6 Å². The third-order valence-corrected chi connectivity index (χ3v) is 4.00. The number of esters is 1. The number of carbonyl (C=O) groups excluding carboxylic acids is 3. The van der Waals surface area contributed by atoms with Crippen molar-refractivity contribution in [2.45, 2.75) is 51.7 Å². The van der Waals surface area contributed by atoms with Crippen molar-refractivity contribution in [3.63, 3.8) is 0 Å². The van der Waals surface area contributed by atoms with Crippen LogP contribution in [-0.4, -0.2) is 29.9 Å². The van der Waals surface area contributed by atoms with Gasteiger partial charge in [-0.05, 0) is 31.4 Å². The smallest absolute Gasteiger partial charge is 0.355 e. The van der Waals surface area contributed by atoms with Crippen LogP contribution in [0, 0.1) is 0 Å². The van der Waals surface area contributed by atoms with Crippen molar-refractivity contribution < 1.29 is 19.1 Å². The van der Waals surface area contributed by atoms with Gasteiger partial charge in [0.2, 0.25) is 5.91 Å². The Labute approximate surface area is 147 Å². The fourth-order valence-corrected chi connectivity index (χ4v) is 2.72. The van der Waals surface area contributed by atoms with E-state index >= 15 is 0 Å². The Morgan fingerprint density at radius 1 is 1.16 bits per heavy atom. The molecule has 6 heteroatoms. The number of rotatable bonds is 6. The first kappa shape index (κ1) is 18.7. The van der Waals surface area contributed by atoms with Crippen molar-refractivity contribution in [3.05, 3.63) is 41.6 Å². The van der Waals surface area contributed by atoms with Crippen LogP contribution in [0.15, 0.2) is 36.0 Å². The highest BCUT2D eigenvalue weighted by Crippen LogP contribution is 2.18. The van der Waals surface area contributed by atoms with Gasteiger partial charge in [0.25, 0.3) is 5.91 Å². The van der Waals surface area contributed by atoms with Crippen molar-refractivity contribution in [2.24, 2.45) is 0 Å². The molecule has 0 radical (unpaired) electrons. The van der Waals surface area contributed by atoms with Gasteiger partial charge in [-0.3, -0.25) is 9.59 Å². The fraction of sp³-hybridized carbons (Fsp3) is 0.421. The Morgan fingerprint density at radius 3 is 2.40 bits per heavy atom. The molecule has 1 saturated carbocycles. The Morgan fingerprint density at radius 2 is 1.80 bits per heavy atom. The normalized spacial score (nSPS) is 16.2. The summed E-state index contributed by atoms with van der Waals surface area (Å²) in [5, 5.41) is 5.35. The highest BCUT2D eigenvalue weighted by atomic mass is 16.5. The topological polar surface area (TPSA) is 84.5 Å². The Kier molecular flexibility index (Phi) is 6.74. The summed E-state index contributed by atoms with van der Waals surface area (Å²) in [4.78, 5) is 35.9. The highest BCUT2D eigenvalue weighted by Gasteiger charge is 2.24. The number of hydrogen-bond donors (Lipinski definition) is 2. The summed E-state index contributed by atoms with van der Waals surface area (Å²) >= 11 is 0. The SMILES string of the molecule is CC(=O)N/C(=C\c1ccccc1)C(=O)O[C@H](C)C(=O)NC1CCCC1. The van der Waals surface area contributed by atoms with Gasteiger partial charge in [0.05, 0.1) is 0 Å². The van der Waals surface area contributed by atoms with Gasteiger partial charge in [-0.1, -0.05) is 43.2 Å². The number of carbonyl (C=O) groups is 3. The van der Waals surface area contributed by atoms with Gasteiger partial charge >= 0.3 is 5.97 Å². The van der Waals surface area contributed by atoms with Crippen LogP contribution in [0.3, 0.4) is 0 Å². The predicted octanol–water partition coefficient (Wildman–Crippen LogP) is 2.15. The first-order chi connectivity index (χ1) is 12.0.